The lowest BCUT2D eigenvalue weighted by molar-refractivity contribution is -0.137. The van der Waals surface area contributed by atoms with Gasteiger partial charge in [-0.05, 0) is 37.6 Å². The lowest BCUT2D eigenvalue weighted by Gasteiger charge is -2.27. The molecule has 20 heavy (non-hydrogen) atoms. The first kappa shape index (κ1) is 16.3. The van der Waals surface area contributed by atoms with E-state index in [0.717, 1.165) is 12.1 Å². The van der Waals surface area contributed by atoms with Crippen molar-refractivity contribution in [1.82, 2.24) is 5.32 Å². The predicted octanol–water partition coefficient (Wildman–Crippen LogP) is 2.99. The van der Waals surface area contributed by atoms with E-state index in [-0.39, 0.29) is 12.3 Å². The molecule has 0 fully saturated rings. The molecule has 0 bridgehead atoms. The molecule has 0 radical (unpaired) electrons. The molecule has 1 unspecified atom stereocenters. The minimum absolute atomic E-state index is 0.232. The van der Waals surface area contributed by atoms with Crippen molar-refractivity contribution in [3.05, 3.63) is 29.8 Å². The van der Waals surface area contributed by atoms with Crippen molar-refractivity contribution < 1.29 is 23.1 Å². The molecule has 1 aromatic carbocycles. The molecule has 2 amide bonds. The molecular formula is C13H17F3N2O2. The van der Waals surface area contributed by atoms with Gasteiger partial charge in [0.15, 0.2) is 0 Å². The van der Waals surface area contributed by atoms with E-state index in [0.29, 0.717) is 6.42 Å². The Morgan fingerprint density at radius 3 is 2.20 bits per heavy atom. The average molecular weight is 290 g/mol. The van der Waals surface area contributed by atoms with Gasteiger partial charge < -0.3 is 15.7 Å². The van der Waals surface area contributed by atoms with Crippen molar-refractivity contribution in [1.29, 1.82) is 0 Å². The Morgan fingerprint density at radius 1 is 1.25 bits per heavy atom. The van der Waals surface area contributed by atoms with Crippen molar-refractivity contribution in [3.63, 3.8) is 0 Å². The summed E-state index contributed by atoms with van der Waals surface area (Å²) in [4.78, 5) is 11.7. The van der Waals surface area contributed by atoms with Gasteiger partial charge in [0.25, 0.3) is 0 Å². The van der Waals surface area contributed by atoms with Crippen LogP contribution in [0.5, 0.6) is 0 Å². The topological polar surface area (TPSA) is 61.4 Å². The molecule has 4 nitrogen and oxygen atoms in total. The first-order valence-electron chi connectivity index (χ1n) is 6.07. The smallest absolute Gasteiger partial charge is 0.394 e. The van der Waals surface area contributed by atoms with E-state index in [1.54, 1.807) is 13.8 Å². The number of alkyl halides is 3. The Balaban J connectivity index is 2.68. The molecule has 112 valence electrons. The zero-order chi connectivity index (χ0) is 15.4. The van der Waals surface area contributed by atoms with Crippen LogP contribution in [0, 0.1) is 0 Å². The van der Waals surface area contributed by atoms with Crippen LogP contribution < -0.4 is 10.6 Å². The van der Waals surface area contributed by atoms with Crippen molar-refractivity contribution in [2.75, 3.05) is 11.9 Å². The second kappa shape index (κ2) is 6.13. The first-order valence-corrected chi connectivity index (χ1v) is 6.07. The highest BCUT2D eigenvalue weighted by atomic mass is 19.4. The third kappa shape index (κ3) is 4.41. The molecule has 3 N–H and O–H groups in total. The van der Waals surface area contributed by atoms with Crippen LogP contribution in [0.1, 0.15) is 25.8 Å². The second-order valence-electron chi connectivity index (χ2n) is 4.73. The molecule has 0 spiro atoms. The van der Waals surface area contributed by atoms with Gasteiger partial charge in [0.1, 0.15) is 0 Å². The van der Waals surface area contributed by atoms with Gasteiger partial charge in [-0.3, -0.25) is 0 Å². The van der Waals surface area contributed by atoms with Crippen LogP contribution in [0.4, 0.5) is 23.7 Å². The SMILES string of the molecule is CCC(C)(CO)NC(=O)Nc1ccc(C(F)(F)F)cc1. The highest BCUT2D eigenvalue weighted by Crippen LogP contribution is 2.29. The number of hydrogen-bond acceptors (Lipinski definition) is 2. The normalized spacial score (nSPS) is 14.5. The quantitative estimate of drug-likeness (QED) is 0.798. The van der Waals surface area contributed by atoms with E-state index >= 15 is 0 Å². The van der Waals surface area contributed by atoms with Gasteiger partial charge >= 0.3 is 12.2 Å². The molecule has 7 heteroatoms. The van der Waals surface area contributed by atoms with Crippen LogP contribution in [-0.2, 0) is 6.18 Å². The Hall–Kier alpha value is -1.76. The van der Waals surface area contributed by atoms with Crippen molar-refractivity contribution >= 4 is 11.7 Å². The summed E-state index contributed by atoms with van der Waals surface area (Å²) in [7, 11) is 0. The minimum Gasteiger partial charge on any atom is -0.394 e. The maximum Gasteiger partial charge on any atom is 0.416 e. The number of anilines is 1. The summed E-state index contributed by atoms with van der Waals surface area (Å²) in [6.45, 7) is 3.23. The largest absolute Gasteiger partial charge is 0.416 e. The zero-order valence-corrected chi connectivity index (χ0v) is 11.2. The van der Waals surface area contributed by atoms with E-state index in [2.05, 4.69) is 10.6 Å². The third-order valence-electron chi connectivity index (χ3n) is 3.01. The van der Waals surface area contributed by atoms with Crippen LogP contribution in [0.25, 0.3) is 0 Å². The number of amides is 2. The van der Waals surface area contributed by atoms with Gasteiger partial charge in [-0.1, -0.05) is 6.92 Å². The summed E-state index contributed by atoms with van der Waals surface area (Å²) < 4.78 is 37.1. The van der Waals surface area contributed by atoms with Gasteiger partial charge in [-0.25, -0.2) is 4.79 Å². The number of hydrogen-bond donors (Lipinski definition) is 3. The van der Waals surface area contributed by atoms with Crippen molar-refractivity contribution in [3.8, 4) is 0 Å². The number of aliphatic hydroxyl groups is 1. The maximum absolute atomic E-state index is 12.4. The average Bonchev–Trinajstić information content (AvgIpc) is 2.38. The summed E-state index contributed by atoms with van der Waals surface area (Å²) in [6, 6.07) is 3.54. The Bertz CT molecular complexity index is 454. The minimum atomic E-state index is -4.40. The molecule has 0 aliphatic rings. The molecule has 0 heterocycles. The van der Waals surface area contributed by atoms with Crippen LogP contribution in [-0.4, -0.2) is 23.3 Å². The molecular weight excluding hydrogens is 273 g/mol. The third-order valence-corrected chi connectivity index (χ3v) is 3.01. The van der Waals surface area contributed by atoms with Crippen LogP contribution in [0.15, 0.2) is 24.3 Å². The van der Waals surface area contributed by atoms with Gasteiger partial charge in [0, 0.05) is 5.69 Å². The molecule has 0 aliphatic heterocycles. The summed E-state index contributed by atoms with van der Waals surface area (Å²) in [5, 5.41) is 14.1. The molecule has 1 rings (SSSR count). The van der Waals surface area contributed by atoms with E-state index < -0.39 is 23.3 Å². The molecule has 0 saturated heterocycles. The fraction of sp³-hybridized carbons (Fsp3) is 0.462. The highest BCUT2D eigenvalue weighted by Gasteiger charge is 2.30. The summed E-state index contributed by atoms with van der Waals surface area (Å²) in [5.41, 5.74) is -1.31. The van der Waals surface area contributed by atoms with E-state index in [9.17, 15) is 18.0 Å². The van der Waals surface area contributed by atoms with Crippen molar-refractivity contribution in [2.45, 2.75) is 32.0 Å². The van der Waals surface area contributed by atoms with Gasteiger partial charge in [0.05, 0.1) is 17.7 Å². The Morgan fingerprint density at radius 2 is 1.80 bits per heavy atom. The number of aliphatic hydroxyl groups excluding tert-OH is 1. The molecule has 1 aromatic rings. The summed E-state index contributed by atoms with van der Waals surface area (Å²) in [5.74, 6) is 0. The van der Waals surface area contributed by atoms with Gasteiger partial charge in [-0.15, -0.1) is 0 Å². The molecule has 0 aromatic heterocycles. The van der Waals surface area contributed by atoms with Gasteiger partial charge in [-0.2, -0.15) is 13.2 Å². The first-order chi connectivity index (χ1) is 9.20. The lowest BCUT2D eigenvalue weighted by atomic mass is 10.0. The second-order valence-corrected chi connectivity index (χ2v) is 4.73. The number of carbonyl (C=O) groups is 1. The fourth-order valence-electron chi connectivity index (χ4n) is 1.42. The number of rotatable bonds is 4. The van der Waals surface area contributed by atoms with Crippen molar-refractivity contribution in [2.24, 2.45) is 0 Å². The van der Waals surface area contributed by atoms with Crippen LogP contribution >= 0.6 is 0 Å². The maximum atomic E-state index is 12.4. The number of nitrogens with one attached hydrogen (secondary N) is 2. The number of carbonyl (C=O) groups excluding carboxylic acids is 1. The standard InChI is InChI=1S/C13H17F3N2O2/c1-3-12(2,8-19)18-11(20)17-10-6-4-9(5-7-10)13(14,15)16/h4-7,19H,3,8H2,1-2H3,(H2,17,18,20). The van der Waals surface area contributed by atoms with Crippen LogP contribution in [0.2, 0.25) is 0 Å². The highest BCUT2D eigenvalue weighted by molar-refractivity contribution is 5.89. The summed E-state index contributed by atoms with van der Waals surface area (Å²) in [6.07, 6.45) is -3.89. The Kier molecular flexibility index (Phi) is 4.99. The van der Waals surface area contributed by atoms with Crippen LogP contribution in [0.3, 0.4) is 0 Å². The number of benzene rings is 1. The lowest BCUT2D eigenvalue weighted by Crippen LogP contribution is -2.50. The molecule has 0 aliphatic carbocycles. The zero-order valence-electron chi connectivity index (χ0n) is 11.2. The predicted molar refractivity (Wildman–Crippen MR) is 69.4 cm³/mol. The van der Waals surface area contributed by atoms with E-state index in [4.69, 9.17) is 5.11 Å². The number of urea groups is 1. The fourth-order valence-corrected chi connectivity index (χ4v) is 1.42. The molecule has 0 saturated carbocycles. The van der Waals surface area contributed by atoms with E-state index in [1.165, 1.54) is 12.1 Å². The molecule has 1 atom stereocenters. The summed E-state index contributed by atoms with van der Waals surface area (Å²) >= 11 is 0. The monoisotopic (exact) mass is 290 g/mol. The number of halogens is 3. The van der Waals surface area contributed by atoms with E-state index in [1.807, 2.05) is 0 Å². The Labute approximate surface area is 115 Å². The van der Waals surface area contributed by atoms with Gasteiger partial charge in [0.2, 0.25) is 0 Å².